The standard InChI is InChI=1S/C23H25N3O3/c1-3-26-22(27)20(17-9-11-19(29-2)12-10-17)21(23(26)28)25-15-13-24(14-16-25)18-7-5-4-6-8-18/h4-12H,3,13-16H2,1-2H3. The molecular weight excluding hydrogens is 366 g/mol. The van der Waals surface area contributed by atoms with Crippen molar-refractivity contribution in [3.05, 3.63) is 65.9 Å². The second kappa shape index (κ2) is 7.99. The minimum absolute atomic E-state index is 0.198. The summed E-state index contributed by atoms with van der Waals surface area (Å²) in [7, 11) is 1.61. The molecule has 0 radical (unpaired) electrons. The molecule has 1 fully saturated rings. The van der Waals surface area contributed by atoms with E-state index in [1.54, 1.807) is 7.11 Å². The van der Waals surface area contributed by atoms with Crippen molar-refractivity contribution in [1.29, 1.82) is 0 Å². The number of benzene rings is 2. The van der Waals surface area contributed by atoms with Crippen LogP contribution >= 0.6 is 0 Å². The topological polar surface area (TPSA) is 53.1 Å². The van der Waals surface area contributed by atoms with Crippen LogP contribution in [0.25, 0.3) is 5.57 Å². The van der Waals surface area contributed by atoms with E-state index in [1.165, 1.54) is 10.6 Å². The van der Waals surface area contributed by atoms with Gasteiger partial charge in [-0.2, -0.15) is 0 Å². The molecule has 2 heterocycles. The maximum Gasteiger partial charge on any atom is 0.277 e. The lowest BCUT2D eigenvalue weighted by molar-refractivity contribution is -0.137. The van der Waals surface area contributed by atoms with Gasteiger partial charge in [0.15, 0.2) is 0 Å². The summed E-state index contributed by atoms with van der Waals surface area (Å²) in [6.45, 7) is 5.19. The van der Waals surface area contributed by atoms with Crippen molar-refractivity contribution in [2.24, 2.45) is 0 Å². The summed E-state index contributed by atoms with van der Waals surface area (Å²) in [5, 5.41) is 0. The van der Waals surface area contributed by atoms with E-state index >= 15 is 0 Å². The van der Waals surface area contributed by atoms with Gasteiger partial charge in [-0.15, -0.1) is 0 Å². The SMILES string of the molecule is CCN1C(=O)C(c2ccc(OC)cc2)=C(N2CCN(c3ccccc3)CC2)C1=O. The van der Waals surface area contributed by atoms with Crippen molar-refractivity contribution in [1.82, 2.24) is 9.80 Å². The average molecular weight is 391 g/mol. The first kappa shape index (κ1) is 19.1. The number of likely N-dealkylation sites (N-methyl/N-ethyl adjacent to an activating group) is 1. The third-order valence-corrected chi connectivity index (χ3v) is 5.56. The van der Waals surface area contributed by atoms with Crippen molar-refractivity contribution in [3.8, 4) is 5.75 Å². The zero-order valence-corrected chi connectivity index (χ0v) is 16.8. The molecular formula is C23H25N3O3. The van der Waals surface area contributed by atoms with Gasteiger partial charge in [0, 0.05) is 38.4 Å². The largest absolute Gasteiger partial charge is 0.497 e. The molecule has 0 saturated carbocycles. The Bertz CT molecular complexity index is 930. The van der Waals surface area contributed by atoms with E-state index in [0.29, 0.717) is 30.9 Å². The zero-order chi connectivity index (χ0) is 20.4. The smallest absolute Gasteiger partial charge is 0.277 e. The van der Waals surface area contributed by atoms with Gasteiger partial charge >= 0.3 is 0 Å². The van der Waals surface area contributed by atoms with Crippen LogP contribution in [0.15, 0.2) is 60.3 Å². The van der Waals surface area contributed by atoms with Gasteiger partial charge in [-0.3, -0.25) is 14.5 Å². The second-order valence-electron chi connectivity index (χ2n) is 7.12. The van der Waals surface area contributed by atoms with Crippen molar-refractivity contribution in [3.63, 3.8) is 0 Å². The molecule has 0 aliphatic carbocycles. The normalized spacial score (nSPS) is 17.4. The molecule has 1 saturated heterocycles. The number of carbonyl (C=O) groups excluding carboxylic acids is 2. The highest BCUT2D eigenvalue weighted by molar-refractivity contribution is 6.35. The van der Waals surface area contributed by atoms with Crippen LogP contribution in [0.4, 0.5) is 5.69 Å². The summed E-state index contributed by atoms with van der Waals surface area (Å²) < 4.78 is 5.22. The molecule has 0 atom stereocenters. The van der Waals surface area contributed by atoms with Crippen LogP contribution in [0.3, 0.4) is 0 Å². The summed E-state index contributed by atoms with van der Waals surface area (Å²) >= 11 is 0. The van der Waals surface area contributed by atoms with Crippen LogP contribution in [0.2, 0.25) is 0 Å². The number of nitrogens with zero attached hydrogens (tertiary/aromatic N) is 3. The third kappa shape index (κ3) is 3.46. The van der Waals surface area contributed by atoms with Crippen LogP contribution in [0.5, 0.6) is 5.75 Å². The van der Waals surface area contributed by atoms with Crippen molar-refractivity contribution < 1.29 is 14.3 Å². The number of methoxy groups -OCH3 is 1. The molecule has 150 valence electrons. The van der Waals surface area contributed by atoms with Crippen molar-refractivity contribution in [2.75, 3.05) is 44.7 Å². The Hall–Kier alpha value is -3.28. The van der Waals surface area contributed by atoms with Gasteiger partial charge in [0.25, 0.3) is 11.8 Å². The summed E-state index contributed by atoms with van der Waals surface area (Å²) in [5.74, 6) is 0.302. The van der Waals surface area contributed by atoms with E-state index in [0.717, 1.165) is 24.4 Å². The Labute approximate surface area is 171 Å². The zero-order valence-electron chi connectivity index (χ0n) is 16.8. The van der Waals surface area contributed by atoms with Crippen LogP contribution in [-0.4, -0.2) is 61.4 Å². The highest BCUT2D eigenvalue weighted by atomic mass is 16.5. The van der Waals surface area contributed by atoms with Gasteiger partial charge in [-0.05, 0) is 36.8 Å². The Morgan fingerprint density at radius 3 is 2.03 bits per heavy atom. The molecule has 2 aliphatic rings. The molecule has 29 heavy (non-hydrogen) atoms. The summed E-state index contributed by atoms with van der Waals surface area (Å²) in [5.41, 5.74) is 2.95. The number of hydrogen-bond donors (Lipinski definition) is 0. The lowest BCUT2D eigenvalue weighted by atomic mass is 10.0. The number of rotatable bonds is 5. The number of anilines is 1. The molecule has 0 spiro atoms. The number of amides is 2. The lowest BCUT2D eigenvalue weighted by Crippen LogP contribution is -2.47. The number of ether oxygens (including phenoxy) is 1. The average Bonchev–Trinajstić information content (AvgIpc) is 3.04. The first-order chi connectivity index (χ1) is 14.1. The highest BCUT2D eigenvalue weighted by Gasteiger charge is 2.41. The van der Waals surface area contributed by atoms with Gasteiger partial charge in [-0.25, -0.2) is 0 Å². The molecule has 0 N–H and O–H groups in total. The molecule has 0 unspecified atom stereocenters. The van der Waals surface area contributed by atoms with Crippen LogP contribution in [0, 0.1) is 0 Å². The minimum atomic E-state index is -0.219. The van der Waals surface area contributed by atoms with Crippen molar-refractivity contribution >= 4 is 23.1 Å². The quantitative estimate of drug-likeness (QED) is 0.734. The van der Waals surface area contributed by atoms with E-state index in [-0.39, 0.29) is 11.8 Å². The number of hydrogen-bond acceptors (Lipinski definition) is 5. The lowest BCUT2D eigenvalue weighted by Gasteiger charge is -2.37. The van der Waals surface area contributed by atoms with E-state index in [9.17, 15) is 9.59 Å². The van der Waals surface area contributed by atoms with E-state index in [4.69, 9.17) is 4.74 Å². The molecule has 6 nitrogen and oxygen atoms in total. The van der Waals surface area contributed by atoms with Crippen LogP contribution in [-0.2, 0) is 9.59 Å². The molecule has 2 amide bonds. The van der Waals surface area contributed by atoms with Crippen LogP contribution in [0.1, 0.15) is 12.5 Å². The minimum Gasteiger partial charge on any atom is -0.497 e. The number of para-hydroxylation sites is 1. The Balaban J connectivity index is 1.63. The van der Waals surface area contributed by atoms with Crippen LogP contribution < -0.4 is 9.64 Å². The van der Waals surface area contributed by atoms with E-state index in [1.807, 2.05) is 49.4 Å². The monoisotopic (exact) mass is 391 g/mol. The third-order valence-electron chi connectivity index (χ3n) is 5.56. The molecule has 2 aromatic rings. The fraction of sp³-hybridized carbons (Fsp3) is 0.304. The fourth-order valence-corrected chi connectivity index (χ4v) is 3.99. The maximum absolute atomic E-state index is 13.1. The van der Waals surface area contributed by atoms with E-state index < -0.39 is 0 Å². The van der Waals surface area contributed by atoms with Gasteiger partial charge in [0.05, 0.1) is 12.7 Å². The predicted molar refractivity (Wildman–Crippen MR) is 113 cm³/mol. The second-order valence-corrected chi connectivity index (χ2v) is 7.12. The Morgan fingerprint density at radius 2 is 1.45 bits per heavy atom. The van der Waals surface area contributed by atoms with Crippen molar-refractivity contribution in [2.45, 2.75) is 6.92 Å². The van der Waals surface area contributed by atoms with E-state index in [2.05, 4.69) is 21.9 Å². The summed E-state index contributed by atoms with van der Waals surface area (Å²) in [4.78, 5) is 31.8. The molecule has 2 aromatic carbocycles. The van der Waals surface area contributed by atoms with Gasteiger partial charge in [-0.1, -0.05) is 30.3 Å². The van der Waals surface area contributed by atoms with Gasteiger partial charge in [0.2, 0.25) is 0 Å². The number of carbonyl (C=O) groups is 2. The molecule has 2 aliphatic heterocycles. The highest BCUT2D eigenvalue weighted by Crippen LogP contribution is 2.33. The molecule has 0 bridgehead atoms. The molecule has 0 aromatic heterocycles. The fourth-order valence-electron chi connectivity index (χ4n) is 3.99. The van der Waals surface area contributed by atoms with Gasteiger partial charge in [0.1, 0.15) is 11.4 Å². The van der Waals surface area contributed by atoms with Gasteiger partial charge < -0.3 is 14.5 Å². The molecule has 4 rings (SSSR count). The Kier molecular flexibility index (Phi) is 5.25. The first-order valence-corrected chi connectivity index (χ1v) is 9.94. The maximum atomic E-state index is 13.1. The molecule has 6 heteroatoms. The first-order valence-electron chi connectivity index (χ1n) is 9.94. The number of imide groups is 1. The predicted octanol–water partition coefficient (Wildman–Crippen LogP) is 2.62. The number of piperazine rings is 1. The Morgan fingerprint density at radius 1 is 0.828 bits per heavy atom. The summed E-state index contributed by atoms with van der Waals surface area (Å²) in [6, 6.07) is 17.6. The summed E-state index contributed by atoms with van der Waals surface area (Å²) in [6.07, 6.45) is 0.